The second kappa shape index (κ2) is 8.03. The number of aromatic amines is 1. The number of imidazole rings is 1. The van der Waals surface area contributed by atoms with Crippen molar-refractivity contribution in [2.45, 2.75) is 30.6 Å². The standard InChI is InChI=1S/C23H20ClN3O3S2/c1-32(29,30)13-10-11-16(24)15(12-13)22(28)27-23-20(14-6-2-5-9-19(14)31-23)21-25-17-7-3-4-8-18(17)26-21/h3-4,7-8,10-12H,2,5-6,9H2,1H3,(H,25,26)(H,27,28). The van der Waals surface area contributed by atoms with Gasteiger partial charge in [-0.25, -0.2) is 13.4 Å². The second-order valence-corrected chi connectivity index (χ2v) is 11.4. The number of H-pyrrole nitrogens is 1. The molecule has 1 aliphatic rings. The quantitative estimate of drug-likeness (QED) is 0.400. The van der Waals surface area contributed by atoms with Gasteiger partial charge in [0.1, 0.15) is 10.8 Å². The van der Waals surface area contributed by atoms with E-state index in [1.54, 1.807) is 11.3 Å². The number of anilines is 1. The number of hydrogen-bond donors (Lipinski definition) is 2. The van der Waals surface area contributed by atoms with Gasteiger partial charge in [-0.05, 0) is 61.6 Å². The molecule has 5 rings (SSSR count). The van der Waals surface area contributed by atoms with Gasteiger partial charge < -0.3 is 10.3 Å². The van der Waals surface area contributed by atoms with Gasteiger partial charge in [0.25, 0.3) is 5.91 Å². The maximum atomic E-state index is 13.2. The lowest BCUT2D eigenvalue weighted by molar-refractivity contribution is 0.102. The number of carbonyl (C=O) groups is 1. The Morgan fingerprint density at radius 2 is 1.94 bits per heavy atom. The molecule has 0 atom stereocenters. The van der Waals surface area contributed by atoms with Crippen molar-refractivity contribution in [3.05, 3.63) is 63.5 Å². The fourth-order valence-electron chi connectivity index (χ4n) is 4.06. The number of fused-ring (bicyclic) bond motifs is 2. The molecule has 32 heavy (non-hydrogen) atoms. The highest BCUT2D eigenvalue weighted by Gasteiger charge is 2.26. The van der Waals surface area contributed by atoms with E-state index in [-0.39, 0.29) is 15.5 Å². The van der Waals surface area contributed by atoms with E-state index in [0.29, 0.717) is 5.00 Å². The van der Waals surface area contributed by atoms with E-state index in [9.17, 15) is 13.2 Å². The Labute approximate surface area is 194 Å². The zero-order valence-corrected chi connectivity index (χ0v) is 19.6. The Morgan fingerprint density at radius 1 is 1.16 bits per heavy atom. The molecule has 4 aromatic rings. The average Bonchev–Trinajstić information content (AvgIpc) is 3.33. The van der Waals surface area contributed by atoms with Crippen LogP contribution in [0.4, 0.5) is 5.00 Å². The third-order valence-electron chi connectivity index (χ3n) is 5.64. The zero-order chi connectivity index (χ0) is 22.5. The Morgan fingerprint density at radius 3 is 2.72 bits per heavy atom. The maximum Gasteiger partial charge on any atom is 0.257 e. The molecule has 1 amide bonds. The summed E-state index contributed by atoms with van der Waals surface area (Å²) in [6, 6.07) is 12.0. The van der Waals surface area contributed by atoms with Crippen LogP contribution in [0.1, 0.15) is 33.6 Å². The summed E-state index contributed by atoms with van der Waals surface area (Å²) < 4.78 is 23.9. The molecule has 0 aliphatic heterocycles. The Bertz CT molecular complexity index is 1440. The van der Waals surface area contributed by atoms with Gasteiger partial charge in [-0.2, -0.15) is 0 Å². The minimum Gasteiger partial charge on any atom is -0.338 e. The molecular formula is C23H20ClN3O3S2. The zero-order valence-electron chi connectivity index (χ0n) is 17.2. The van der Waals surface area contributed by atoms with E-state index < -0.39 is 15.7 Å². The summed E-state index contributed by atoms with van der Waals surface area (Å²) in [5.74, 6) is 0.272. The van der Waals surface area contributed by atoms with Gasteiger partial charge in [0.15, 0.2) is 9.84 Å². The summed E-state index contributed by atoms with van der Waals surface area (Å²) >= 11 is 7.80. The van der Waals surface area contributed by atoms with E-state index in [4.69, 9.17) is 16.6 Å². The number of sulfone groups is 1. The van der Waals surface area contributed by atoms with Gasteiger partial charge in [-0.15, -0.1) is 11.3 Å². The van der Waals surface area contributed by atoms with Crippen molar-refractivity contribution >= 4 is 54.7 Å². The SMILES string of the molecule is CS(=O)(=O)c1ccc(Cl)c(C(=O)Nc2sc3c(c2-c2nc4ccccc4[nH]2)CCCC3)c1. The molecule has 1 aliphatic carbocycles. The molecule has 0 bridgehead atoms. The van der Waals surface area contributed by atoms with Crippen LogP contribution < -0.4 is 5.32 Å². The lowest BCUT2D eigenvalue weighted by atomic mass is 9.95. The first-order valence-corrected chi connectivity index (χ1v) is 13.3. The molecule has 164 valence electrons. The largest absolute Gasteiger partial charge is 0.338 e. The number of amides is 1. The Balaban J connectivity index is 1.59. The number of thiophene rings is 1. The van der Waals surface area contributed by atoms with Gasteiger partial charge in [0, 0.05) is 11.1 Å². The molecule has 0 fully saturated rings. The van der Waals surface area contributed by atoms with E-state index in [1.807, 2.05) is 24.3 Å². The molecule has 6 nitrogen and oxygen atoms in total. The molecule has 2 aromatic heterocycles. The predicted octanol–water partition coefficient (Wildman–Crippen LogP) is 5.48. The highest BCUT2D eigenvalue weighted by atomic mass is 35.5. The summed E-state index contributed by atoms with van der Waals surface area (Å²) in [5.41, 5.74) is 4.03. The molecule has 2 N–H and O–H groups in total. The monoisotopic (exact) mass is 485 g/mol. The molecule has 2 heterocycles. The number of para-hydroxylation sites is 2. The second-order valence-electron chi connectivity index (χ2n) is 7.89. The van der Waals surface area contributed by atoms with Crippen molar-refractivity contribution in [2.75, 3.05) is 11.6 Å². The molecular weight excluding hydrogens is 466 g/mol. The topological polar surface area (TPSA) is 91.9 Å². The van der Waals surface area contributed by atoms with Crippen molar-refractivity contribution in [1.29, 1.82) is 0 Å². The minimum atomic E-state index is -3.47. The van der Waals surface area contributed by atoms with Crippen LogP contribution in [-0.4, -0.2) is 30.5 Å². The van der Waals surface area contributed by atoms with Crippen LogP contribution in [0, 0.1) is 0 Å². The van der Waals surface area contributed by atoms with Crippen LogP contribution in [-0.2, 0) is 22.7 Å². The smallest absolute Gasteiger partial charge is 0.257 e. The van der Waals surface area contributed by atoms with Crippen molar-refractivity contribution in [3.63, 3.8) is 0 Å². The number of nitrogens with zero attached hydrogens (tertiary/aromatic N) is 1. The molecule has 0 saturated carbocycles. The van der Waals surface area contributed by atoms with Crippen LogP contribution in [0.2, 0.25) is 5.02 Å². The first kappa shape index (κ1) is 21.2. The lowest BCUT2D eigenvalue weighted by Gasteiger charge is -2.12. The van der Waals surface area contributed by atoms with E-state index in [0.717, 1.165) is 54.4 Å². The third-order valence-corrected chi connectivity index (χ3v) is 8.28. The van der Waals surface area contributed by atoms with Gasteiger partial charge >= 0.3 is 0 Å². The maximum absolute atomic E-state index is 13.2. The van der Waals surface area contributed by atoms with Gasteiger partial charge in [0.05, 0.1) is 32.1 Å². The number of benzene rings is 2. The minimum absolute atomic E-state index is 0.0510. The molecule has 9 heteroatoms. The predicted molar refractivity (Wildman–Crippen MR) is 129 cm³/mol. The number of aryl methyl sites for hydroxylation is 1. The Kier molecular flexibility index (Phi) is 5.31. The highest BCUT2D eigenvalue weighted by molar-refractivity contribution is 7.90. The molecule has 0 radical (unpaired) electrons. The van der Waals surface area contributed by atoms with Crippen molar-refractivity contribution in [1.82, 2.24) is 9.97 Å². The fourth-order valence-corrected chi connectivity index (χ4v) is 6.19. The number of rotatable bonds is 4. The summed E-state index contributed by atoms with van der Waals surface area (Å²) in [4.78, 5) is 22.6. The van der Waals surface area contributed by atoms with Crippen LogP contribution >= 0.6 is 22.9 Å². The molecule has 0 unspecified atom stereocenters. The number of halogens is 1. The number of hydrogen-bond acceptors (Lipinski definition) is 5. The molecule has 0 spiro atoms. The van der Waals surface area contributed by atoms with Gasteiger partial charge in [-0.1, -0.05) is 23.7 Å². The van der Waals surface area contributed by atoms with Crippen LogP contribution in [0.15, 0.2) is 47.4 Å². The summed E-state index contributed by atoms with van der Waals surface area (Å²) in [5, 5.41) is 3.88. The number of aromatic nitrogens is 2. The van der Waals surface area contributed by atoms with E-state index >= 15 is 0 Å². The summed E-state index contributed by atoms with van der Waals surface area (Å²) in [7, 11) is -3.47. The molecule has 0 saturated heterocycles. The third kappa shape index (κ3) is 3.83. The van der Waals surface area contributed by atoms with Gasteiger partial charge in [0.2, 0.25) is 0 Å². The van der Waals surface area contributed by atoms with Crippen LogP contribution in [0.3, 0.4) is 0 Å². The number of carbonyl (C=O) groups excluding carboxylic acids is 1. The van der Waals surface area contributed by atoms with E-state index in [2.05, 4.69) is 10.3 Å². The van der Waals surface area contributed by atoms with Crippen LogP contribution in [0.5, 0.6) is 0 Å². The normalized spacial score (nSPS) is 13.8. The first-order valence-electron chi connectivity index (χ1n) is 10.2. The first-order chi connectivity index (χ1) is 15.3. The summed E-state index contributed by atoms with van der Waals surface area (Å²) in [6.45, 7) is 0. The molecule has 2 aromatic carbocycles. The van der Waals surface area contributed by atoms with Crippen molar-refractivity contribution in [3.8, 4) is 11.4 Å². The van der Waals surface area contributed by atoms with Crippen molar-refractivity contribution in [2.24, 2.45) is 0 Å². The summed E-state index contributed by atoms with van der Waals surface area (Å²) in [6.07, 6.45) is 5.20. The average molecular weight is 486 g/mol. The van der Waals surface area contributed by atoms with Crippen LogP contribution in [0.25, 0.3) is 22.4 Å². The highest BCUT2D eigenvalue weighted by Crippen LogP contribution is 2.44. The van der Waals surface area contributed by atoms with Crippen molar-refractivity contribution < 1.29 is 13.2 Å². The Hall–Kier alpha value is -2.68. The number of nitrogens with one attached hydrogen (secondary N) is 2. The fraction of sp³-hybridized carbons (Fsp3) is 0.217. The lowest BCUT2D eigenvalue weighted by Crippen LogP contribution is -2.13. The van der Waals surface area contributed by atoms with Gasteiger partial charge in [-0.3, -0.25) is 4.79 Å². The van der Waals surface area contributed by atoms with E-state index in [1.165, 1.54) is 28.6 Å².